The third kappa shape index (κ3) is 4.94. The summed E-state index contributed by atoms with van der Waals surface area (Å²) in [6.45, 7) is 0.472. The number of hydrogen-bond donors (Lipinski definition) is 0. The highest BCUT2D eigenvalue weighted by Crippen LogP contribution is 2.51. The van der Waals surface area contributed by atoms with Gasteiger partial charge in [0.05, 0.1) is 6.26 Å². The zero-order valence-corrected chi connectivity index (χ0v) is 19.5. The van der Waals surface area contributed by atoms with E-state index in [1.165, 1.54) is 22.3 Å². The maximum Gasteiger partial charge on any atom is 0.542 e. The van der Waals surface area contributed by atoms with Gasteiger partial charge in [-0.1, -0.05) is 78.9 Å². The zero-order chi connectivity index (χ0) is 22.5. The van der Waals surface area contributed by atoms with E-state index in [4.69, 9.17) is 9.26 Å². The lowest BCUT2D eigenvalue weighted by atomic mass is 9.63. The van der Waals surface area contributed by atoms with Gasteiger partial charge in [-0.25, -0.2) is 0 Å². The minimum Gasteiger partial charge on any atom is -0.497 e. The first-order valence-corrected chi connectivity index (χ1v) is 12.4. The third-order valence-corrected chi connectivity index (χ3v) is 7.18. The molecule has 5 rings (SSSR count). The fourth-order valence-corrected chi connectivity index (χ4v) is 5.54. The Hall–Kier alpha value is -3.16. The Morgan fingerprint density at radius 3 is 2.52 bits per heavy atom. The highest BCUT2D eigenvalue weighted by molar-refractivity contribution is 7.17. The molecule has 0 aromatic heterocycles. The first-order chi connectivity index (χ1) is 16.3. The second-order valence-electron chi connectivity index (χ2n) is 8.84. The minimum absolute atomic E-state index is 0.350. The summed E-state index contributed by atoms with van der Waals surface area (Å²) >= 11 is 0. The molecule has 0 aliphatic heterocycles. The van der Waals surface area contributed by atoms with Crippen LogP contribution in [0.4, 0.5) is 0 Å². The molecule has 0 amide bonds. The van der Waals surface area contributed by atoms with Crippen molar-refractivity contribution < 1.29 is 13.8 Å². The fraction of sp³-hybridized carbons (Fsp3) is 0.241. The van der Waals surface area contributed by atoms with E-state index in [1.54, 1.807) is 6.07 Å². The summed E-state index contributed by atoms with van der Waals surface area (Å²) in [7, 11) is -0.800. The van der Waals surface area contributed by atoms with Crippen LogP contribution in [0.15, 0.2) is 103 Å². The molecular weight excluding hydrogens is 427 g/mol. The Balaban J connectivity index is 1.40. The fourth-order valence-electron chi connectivity index (χ4n) is 5.31. The quantitative estimate of drug-likeness (QED) is 0.270. The standard InChI is InChI=1S/C29H28O3P/c30-33-32-26-13-7-8-21(16-26)19-31-20-25-15-14-24-17-28(25)29(23-11-5-2-6-12-23)18-27(24)22-9-3-1-4-10-22/h1-13,16,18,20,24,28-29,33H,14-15,17,19H2/q+1. The van der Waals surface area contributed by atoms with Gasteiger partial charge in [-0.3, -0.25) is 4.52 Å². The van der Waals surface area contributed by atoms with Crippen molar-refractivity contribution in [2.24, 2.45) is 11.8 Å². The molecule has 3 nitrogen and oxygen atoms in total. The molecule has 2 aliphatic carbocycles. The van der Waals surface area contributed by atoms with Gasteiger partial charge in [0.25, 0.3) is 0 Å². The van der Waals surface area contributed by atoms with E-state index in [1.807, 2.05) is 24.5 Å². The summed E-state index contributed by atoms with van der Waals surface area (Å²) in [6, 6.07) is 29.3. The number of rotatable bonds is 7. The SMILES string of the molecule is O=[PH+]Oc1cccc(COC=C2CCC3CC2C(c2ccccc2)C=C3c2ccccc2)c1. The van der Waals surface area contributed by atoms with Gasteiger partial charge in [-0.2, -0.15) is 0 Å². The summed E-state index contributed by atoms with van der Waals surface area (Å²) in [5.41, 5.74) is 6.62. The van der Waals surface area contributed by atoms with Crippen molar-refractivity contribution in [3.63, 3.8) is 0 Å². The van der Waals surface area contributed by atoms with Crippen LogP contribution in [0.1, 0.15) is 41.9 Å². The zero-order valence-electron chi connectivity index (χ0n) is 18.5. The molecule has 1 fully saturated rings. The smallest absolute Gasteiger partial charge is 0.497 e. The molecular formula is C29H28O3P+. The Morgan fingerprint density at radius 2 is 1.73 bits per heavy atom. The van der Waals surface area contributed by atoms with Crippen LogP contribution in [0.25, 0.3) is 5.57 Å². The summed E-state index contributed by atoms with van der Waals surface area (Å²) in [4.78, 5) is 0. The van der Waals surface area contributed by atoms with Gasteiger partial charge in [-0.05, 0) is 75.6 Å². The number of fused-ring (bicyclic) bond motifs is 2. The van der Waals surface area contributed by atoms with Crippen molar-refractivity contribution in [3.8, 4) is 5.75 Å². The first-order valence-electron chi connectivity index (χ1n) is 11.6. The van der Waals surface area contributed by atoms with Gasteiger partial charge in [0, 0.05) is 5.92 Å². The number of benzene rings is 3. The van der Waals surface area contributed by atoms with Gasteiger partial charge in [-0.15, -0.1) is 0 Å². The van der Waals surface area contributed by atoms with Crippen LogP contribution in [0, 0.1) is 11.8 Å². The molecule has 0 saturated heterocycles. The summed E-state index contributed by atoms with van der Waals surface area (Å²) in [5.74, 6) is 2.00. The Labute approximate surface area is 197 Å². The number of allylic oxidation sites excluding steroid dienone is 3. The highest BCUT2D eigenvalue weighted by Gasteiger charge is 2.38. The summed E-state index contributed by atoms with van der Waals surface area (Å²) in [5, 5.41) is 0. The van der Waals surface area contributed by atoms with E-state index in [9.17, 15) is 4.57 Å². The average molecular weight is 456 g/mol. The van der Waals surface area contributed by atoms with Crippen LogP contribution in [-0.2, 0) is 15.9 Å². The Kier molecular flexibility index (Phi) is 6.69. The van der Waals surface area contributed by atoms with Crippen molar-refractivity contribution in [1.29, 1.82) is 0 Å². The molecule has 0 radical (unpaired) electrons. The maximum absolute atomic E-state index is 10.8. The highest BCUT2D eigenvalue weighted by atomic mass is 31.1. The minimum atomic E-state index is -0.800. The second-order valence-corrected chi connectivity index (χ2v) is 9.21. The van der Waals surface area contributed by atoms with E-state index >= 15 is 0 Å². The molecule has 2 bridgehead atoms. The third-order valence-electron chi connectivity index (χ3n) is 6.86. The predicted molar refractivity (Wildman–Crippen MR) is 133 cm³/mol. The van der Waals surface area contributed by atoms with Gasteiger partial charge < -0.3 is 4.74 Å². The lowest BCUT2D eigenvalue weighted by Crippen LogP contribution is -2.28. The van der Waals surface area contributed by atoms with E-state index < -0.39 is 8.69 Å². The lowest BCUT2D eigenvalue weighted by Gasteiger charge is -2.41. The van der Waals surface area contributed by atoms with Crippen LogP contribution >= 0.6 is 8.69 Å². The van der Waals surface area contributed by atoms with Crippen molar-refractivity contribution in [2.75, 3.05) is 0 Å². The maximum atomic E-state index is 10.8. The number of hydrogen-bond acceptors (Lipinski definition) is 3. The topological polar surface area (TPSA) is 35.5 Å². The van der Waals surface area contributed by atoms with Crippen LogP contribution in [0.5, 0.6) is 5.75 Å². The van der Waals surface area contributed by atoms with Crippen molar-refractivity contribution in [3.05, 3.63) is 120 Å². The van der Waals surface area contributed by atoms with Gasteiger partial charge in [0.2, 0.25) is 0 Å². The normalized spacial score (nSPS) is 23.2. The van der Waals surface area contributed by atoms with Crippen LogP contribution in [0.3, 0.4) is 0 Å². The molecule has 0 heterocycles. The van der Waals surface area contributed by atoms with Gasteiger partial charge in [0.15, 0.2) is 5.75 Å². The second kappa shape index (κ2) is 10.2. The van der Waals surface area contributed by atoms with E-state index in [2.05, 4.69) is 66.7 Å². The molecule has 3 aromatic rings. The molecule has 4 unspecified atom stereocenters. The molecule has 4 heteroatoms. The van der Waals surface area contributed by atoms with E-state index in [0.717, 1.165) is 24.8 Å². The molecule has 0 spiro atoms. The van der Waals surface area contributed by atoms with Crippen LogP contribution in [0.2, 0.25) is 0 Å². The molecule has 1 saturated carbocycles. The van der Waals surface area contributed by atoms with E-state index in [0.29, 0.717) is 30.1 Å². The van der Waals surface area contributed by atoms with Gasteiger partial charge in [0.1, 0.15) is 6.61 Å². The molecule has 33 heavy (non-hydrogen) atoms. The molecule has 3 aromatic carbocycles. The number of ether oxygens (including phenoxy) is 1. The summed E-state index contributed by atoms with van der Waals surface area (Å²) in [6.07, 6.45) is 7.89. The molecule has 2 aliphatic rings. The van der Waals surface area contributed by atoms with Crippen molar-refractivity contribution in [2.45, 2.75) is 31.8 Å². The lowest BCUT2D eigenvalue weighted by molar-refractivity contribution is 0.221. The monoisotopic (exact) mass is 455 g/mol. The largest absolute Gasteiger partial charge is 0.542 e. The predicted octanol–water partition coefficient (Wildman–Crippen LogP) is 7.70. The Bertz CT molecular complexity index is 1150. The van der Waals surface area contributed by atoms with Crippen LogP contribution in [-0.4, -0.2) is 0 Å². The van der Waals surface area contributed by atoms with Crippen molar-refractivity contribution in [1.82, 2.24) is 0 Å². The van der Waals surface area contributed by atoms with E-state index in [-0.39, 0.29) is 0 Å². The average Bonchev–Trinajstić information content (AvgIpc) is 2.87. The van der Waals surface area contributed by atoms with Gasteiger partial charge >= 0.3 is 8.69 Å². The molecule has 0 N–H and O–H groups in total. The summed E-state index contributed by atoms with van der Waals surface area (Å²) < 4.78 is 21.9. The molecule has 4 atom stereocenters. The van der Waals surface area contributed by atoms with Crippen molar-refractivity contribution >= 4 is 14.3 Å². The Morgan fingerprint density at radius 1 is 0.939 bits per heavy atom. The van der Waals surface area contributed by atoms with Crippen LogP contribution < -0.4 is 4.52 Å². The first kappa shape index (κ1) is 21.7. The molecule has 166 valence electrons.